The quantitative estimate of drug-likeness (QED) is 0.744. The largest absolute Gasteiger partial charge is 0.465 e. The molecule has 0 bridgehead atoms. The zero-order chi connectivity index (χ0) is 15.1. The highest BCUT2D eigenvalue weighted by atomic mass is 16.5. The minimum atomic E-state index is -0.350. The van der Waals surface area contributed by atoms with Gasteiger partial charge in [0.15, 0.2) is 0 Å². The van der Waals surface area contributed by atoms with Crippen molar-refractivity contribution in [1.29, 1.82) is 0 Å². The number of carbonyl (C=O) groups is 2. The maximum Gasteiger partial charge on any atom is 0.339 e. The molecule has 0 unspecified atom stereocenters. The van der Waals surface area contributed by atoms with Gasteiger partial charge in [-0.15, -0.1) is 0 Å². The van der Waals surface area contributed by atoms with E-state index >= 15 is 0 Å². The van der Waals surface area contributed by atoms with Gasteiger partial charge < -0.3 is 14.5 Å². The molecule has 0 aromatic heterocycles. The summed E-state index contributed by atoms with van der Waals surface area (Å²) < 4.78 is 4.77. The van der Waals surface area contributed by atoms with Crippen molar-refractivity contribution in [3.63, 3.8) is 0 Å². The molecule has 0 saturated heterocycles. The van der Waals surface area contributed by atoms with E-state index in [1.165, 1.54) is 7.11 Å². The second-order valence-electron chi connectivity index (χ2n) is 4.82. The van der Waals surface area contributed by atoms with Crippen LogP contribution < -0.4 is 4.90 Å². The molecule has 0 fully saturated rings. The zero-order valence-electron chi connectivity index (χ0n) is 12.5. The topological polar surface area (TPSA) is 49.9 Å². The molecule has 0 saturated carbocycles. The van der Waals surface area contributed by atoms with Gasteiger partial charge >= 0.3 is 5.97 Å². The number of carbonyl (C=O) groups excluding carboxylic acids is 2. The van der Waals surface area contributed by atoms with Crippen LogP contribution >= 0.6 is 0 Å². The summed E-state index contributed by atoms with van der Waals surface area (Å²) in [5.41, 5.74) is 1.35. The molecule has 0 aliphatic heterocycles. The van der Waals surface area contributed by atoms with Crippen LogP contribution in [0.25, 0.3) is 0 Å². The van der Waals surface area contributed by atoms with Gasteiger partial charge in [0.25, 0.3) is 0 Å². The molecule has 1 aromatic rings. The average Bonchev–Trinajstić information content (AvgIpc) is 2.45. The van der Waals surface area contributed by atoms with Crippen LogP contribution in [0, 0.1) is 0 Å². The fraction of sp³-hybridized carbons (Fsp3) is 0.467. The third-order valence-electron chi connectivity index (χ3n) is 3.10. The van der Waals surface area contributed by atoms with E-state index in [-0.39, 0.29) is 11.9 Å². The first-order valence-electron chi connectivity index (χ1n) is 6.56. The van der Waals surface area contributed by atoms with E-state index in [1.807, 2.05) is 24.1 Å². The molecule has 0 heterocycles. The number of para-hydroxylation sites is 1. The highest BCUT2D eigenvalue weighted by Gasteiger charge is 2.14. The van der Waals surface area contributed by atoms with Crippen molar-refractivity contribution in [2.75, 3.05) is 39.7 Å². The van der Waals surface area contributed by atoms with Gasteiger partial charge in [-0.05, 0) is 18.6 Å². The van der Waals surface area contributed by atoms with Gasteiger partial charge in [0, 0.05) is 34.1 Å². The summed E-state index contributed by atoms with van der Waals surface area (Å²) in [6.45, 7) is 0.702. The number of amides is 1. The van der Waals surface area contributed by atoms with Crippen molar-refractivity contribution in [3.05, 3.63) is 29.8 Å². The molecule has 1 rings (SSSR count). The number of benzene rings is 1. The maximum absolute atomic E-state index is 11.7. The van der Waals surface area contributed by atoms with Crippen molar-refractivity contribution < 1.29 is 14.3 Å². The molecule has 0 atom stereocenters. The number of ether oxygens (including phenoxy) is 1. The summed E-state index contributed by atoms with van der Waals surface area (Å²) in [4.78, 5) is 26.8. The Morgan fingerprint density at radius 1 is 1.15 bits per heavy atom. The fourth-order valence-corrected chi connectivity index (χ4v) is 1.90. The van der Waals surface area contributed by atoms with E-state index in [4.69, 9.17) is 4.74 Å². The highest BCUT2D eigenvalue weighted by Crippen LogP contribution is 2.20. The average molecular weight is 278 g/mol. The first-order valence-corrected chi connectivity index (χ1v) is 6.56. The minimum absolute atomic E-state index is 0.111. The van der Waals surface area contributed by atoms with Gasteiger partial charge in [-0.1, -0.05) is 12.1 Å². The van der Waals surface area contributed by atoms with E-state index in [2.05, 4.69) is 0 Å². The van der Waals surface area contributed by atoms with Gasteiger partial charge in [-0.25, -0.2) is 4.79 Å². The molecule has 20 heavy (non-hydrogen) atoms. The molecular weight excluding hydrogens is 256 g/mol. The van der Waals surface area contributed by atoms with Crippen LogP contribution in [0.1, 0.15) is 23.2 Å². The van der Waals surface area contributed by atoms with Gasteiger partial charge in [0.2, 0.25) is 5.91 Å². The molecule has 0 aliphatic carbocycles. The SMILES string of the molecule is COC(=O)c1ccccc1N(C)CCCC(=O)N(C)C. The van der Waals surface area contributed by atoms with E-state index in [9.17, 15) is 9.59 Å². The Kier molecular flexibility index (Phi) is 6.03. The zero-order valence-corrected chi connectivity index (χ0v) is 12.5. The van der Waals surface area contributed by atoms with Crippen molar-refractivity contribution in [1.82, 2.24) is 4.90 Å². The number of methoxy groups -OCH3 is 1. The van der Waals surface area contributed by atoms with Crippen molar-refractivity contribution in [3.8, 4) is 0 Å². The molecule has 0 radical (unpaired) electrons. The molecule has 5 nitrogen and oxygen atoms in total. The molecule has 1 amide bonds. The van der Waals surface area contributed by atoms with E-state index in [0.717, 1.165) is 12.1 Å². The molecule has 110 valence electrons. The number of anilines is 1. The monoisotopic (exact) mass is 278 g/mol. The summed E-state index contributed by atoms with van der Waals surface area (Å²) in [5.74, 6) is -0.239. The number of esters is 1. The van der Waals surface area contributed by atoms with Crippen LogP contribution in [0.15, 0.2) is 24.3 Å². The van der Waals surface area contributed by atoms with E-state index < -0.39 is 0 Å². The van der Waals surface area contributed by atoms with Crippen LogP contribution in [0.4, 0.5) is 5.69 Å². The molecule has 0 N–H and O–H groups in total. The van der Waals surface area contributed by atoms with E-state index in [0.29, 0.717) is 18.5 Å². The Hall–Kier alpha value is -2.04. The smallest absolute Gasteiger partial charge is 0.339 e. The summed E-state index contributed by atoms with van der Waals surface area (Å²) in [5, 5.41) is 0. The highest BCUT2D eigenvalue weighted by molar-refractivity contribution is 5.95. The van der Waals surface area contributed by atoms with Gasteiger partial charge in [-0.2, -0.15) is 0 Å². The minimum Gasteiger partial charge on any atom is -0.465 e. The number of hydrogen-bond acceptors (Lipinski definition) is 4. The van der Waals surface area contributed by atoms with Gasteiger partial charge in [0.05, 0.1) is 18.4 Å². The second kappa shape index (κ2) is 7.53. The summed E-state index contributed by atoms with van der Waals surface area (Å²) in [6, 6.07) is 7.30. The Morgan fingerprint density at radius 2 is 1.80 bits per heavy atom. The summed E-state index contributed by atoms with van der Waals surface area (Å²) in [6.07, 6.45) is 1.24. The predicted molar refractivity (Wildman–Crippen MR) is 79.0 cm³/mol. The Labute approximate surface area is 120 Å². The van der Waals surface area contributed by atoms with Gasteiger partial charge in [0.1, 0.15) is 0 Å². The lowest BCUT2D eigenvalue weighted by Gasteiger charge is -2.21. The Balaban J connectivity index is 2.66. The van der Waals surface area contributed by atoms with Crippen molar-refractivity contribution in [2.45, 2.75) is 12.8 Å². The first-order chi connectivity index (χ1) is 9.47. The first kappa shape index (κ1) is 16.0. The fourth-order valence-electron chi connectivity index (χ4n) is 1.90. The van der Waals surface area contributed by atoms with Crippen LogP contribution in [0.2, 0.25) is 0 Å². The molecular formula is C15H22N2O3. The molecule has 5 heteroatoms. The second-order valence-corrected chi connectivity index (χ2v) is 4.82. The predicted octanol–water partition coefficient (Wildman–Crippen LogP) is 1.78. The number of hydrogen-bond donors (Lipinski definition) is 0. The van der Waals surface area contributed by atoms with Crippen LogP contribution in [0.3, 0.4) is 0 Å². The Morgan fingerprint density at radius 3 is 2.40 bits per heavy atom. The summed E-state index contributed by atoms with van der Waals surface area (Å²) in [7, 11) is 6.77. The van der Waals surface area contributed by atoms with E-state index in [1.54, 1.807) is 31.1 Å². The number of rotatable bonds is 6. The lowest BCUT2D eigenvalue weighted by Crippen LogP contribution is -2.25. The standard InChI is InChI=1S/C15H22N2O3/c1-16(2)14(18)10-7-11-17(3)13-9-6-5-8-12(13)15(19)20-4/h5-6,8-9H,7,10-11H2,1-4H3. The third-order valence-corrected chi connectivity index (χ3v) is 3.10. The Bertz CT molecular complexity index is 472. The number of nitrogens with zero attached hydrogens (tertiary/aromatic N) is 2. The molecule has 0 spiro atoms. The third kappa shape index (κ3) is 4.26. The lowest BCUT2D eigenvalue weighted by molar-refractivity contribution is -0.128. The maximum atomic E-state index is 11.7. The van der Waals surface area contributed by atoms with Crippen LogP contribution in [-0.4, -0.2) is 51.6 Å². The van der Waals surface area contributed by atoms with Crippen molar-refractivity contribution >= 4 is 17.6 Å². The van der Waals surface area contributed by atoms with Crippen LogP contribution in [0.5, 0.6) is 0 Å². The summed E-state index contributed by atoms with van der Waals surface area (Å²) >= 11 is 0. The molecule has 1 aromatic carbocycles. The lowest BCUT2D eigenvalue weighted by atomic mass is 10.1. The van der Waals surface area contributed by atoms with Crippen LogP contribution in [-0.2, 0) is 9.53 Å². The van der Waals surface area contributed by atoms with Crippen molar-refractivity contribution in [2.24, 2.45) is 0 Å². The molecule has 0 aliphatic rings. The van der Waals surface area contributed by atoms with Gasteiger partial charge in [-0.3, -0.25) is 4.79 Å². The normalized spacial score (nSPS) is 10.0.